The number of likely N-dealkylation sites (N-methyl/N-ethyl adjacent to an activating group) is 1. The minimum Gasteiger partial charge on any atom is -0.493 e. The Labute approximate surface area is 313 Å². The Kier molecular flexibility index (Phi) is 12.9. The number of nitrogens with one attached hydrogen (secondary N) is 3. The van der Waals surface area contributed by atoms with Gasteiger partial charge < -0.3 is 61.6 Å². The minimum atomic E-state index is -1.34. The second kappa shape index (κ2) is 17.4. The monoisotopic (exact) mass is 756 g/mol. The first-order valence-corrected chi connectivity index (χ1v) is 18.4. The Hall–Kier alpha value is -5.10. The molecule has 5 rings (SSSR count). The van der Waals surface area contributed by atoms with Crippen LogP contribution in [-0.4, -0.2) is 132 Å². The molecule has 0 radical (unpaired) electrons. The topological polar surface area (TPSA) is 260 Å². The fourth-order valence-electron chi connectivity index (χ4n) is 7.95. The number of carboxylic acid groups (broad SMARTS) is 1. The number of carboxylic acids is 1. The number of nitrogens with zero attached hydrogens (tertiary/aromatic N) is 3. The van der Waals surface area contributed by atoms with E-state index in [0.717, 1.165) is 30.5 Å². The largest absolute Gasteiger partial charge is 0.493 e. The summed E-state index contributed by atoms with van der Waals surface area (Å²) in [6, 6.07) is 2.23. The molecule has 1 aromatic rings. The molecule has 296 valence electrons. The van der Waals surface area contributed by atoms with E-state index in [1.807, 2.05) is 26.1 Å². The lowest BCUT2D eigenvalue weighted by Crippen LogP contribution is -2.61. The van der Waals surface area contributed by atoms with E-state index in [-0.39, 0.29) is 37.9 Å². The Morgan fingerprint density at radius 2 is 1.94 bits per heavy atom. The minimum absolute atomic E-state index is 0.0714. The molecule has 1 unspecified atom stereocenters. The van der Waals surface area contributed by atoms with E-state index in [1.54, 1.807) is 18.1 Å². The highest BCUT2D eigenvalue weighted by molar-refractivity contribution is 5.95. The Bertz CT molecular complexity index is 1670. The highest BCUT2D eigenvalue weighted by atomic mass is 16.6. The standard InChI is InChI=1S/C36H52N8O10/c1-4-43(2)25-16-20-10-11-23(52-3)31-29(20)30-32(54-31)24(12-13-36(25,30)51)53-35(50)44-15-6-5-8-21(44)18-41-33(49)22(9-7-14-39-34(37)38)42-27(46)19-40-26(45)17-28(47)48/h10-12,21-22,25,30,32,51H,4-9,13-19H2,1-3H3,(H,40,45)(H,41,49)(H,42,46)(H,47,48)(H4,37,38,39)/t21-,22+,25-,30?,32+,36-/m1/s1. The number of likely N-dealkylation sites (tertiary alicyclic amines) is 1. The lowest BCUT2D eigenvalue weighted by atomic mass is 9.63. The molecule has 54 heavy (non-hydrogen) atoms. The van der Waals surface area contributed by atoms with Crippen molar-refractivity contribution in [2.75, 3.05) is 46.9 Å². The number of carbonyl (C=O) groups is 5. The predicted octanol–water partition coefficient (Wildman–Crippen LogP) is -0.328. The summed E-state index contributed by atoms with van der Waals surface area (Å²) < 4.78 is 18.2. The summed E-state index contributed by atoms with van der Waals surface area (Å²) in [5, 5.41) is 28.7. The van der Waals surface area contributed by atoms with Crippen LogP contribution in [0, 0.1) is 0 Å². The van der Waals surface area contributed by atoms with Gasteiger partial charge in [0.1, 0.15) is 18.2 Å². The third-order valence-corrected chi connectivity index (χ3v) is 10.7. The van der Waals surface area contributed by atoms with Crippen molar-refractivity contribution in [1.29, 1.82) is 0 Å². The van der Waals surface area contributed by atoms with Gasteiger partial charge in [0.2, 0.25) is 17.7 Å². The van der Waals surface area contributed by atoms with Crippen molar-refractivity contribution >= 4 is 35.7 Å². The highest BCUT2D eigenvalue weighted by Gasteiger charge is 2.60. The fourth-order valence-corrected chi connectivity index (χ4v) is 7.95. The second-order valence-corrected chi connectivity index (χ2v) is 14.2. The molecule has 1 aromatic carbocycles. The summed E-state index contributed by atoms with van der Waals surface area (Å²) in [6.07, 6.45) is 3.10. The van der Waals surface area contributed by atoms with Crippen LogP contribution in [0.5, 0.6) is 11.5 Å². The van der Waals surface area contributed by atoms with E-state index >= 15 is 0 Å². The van der Waals surface area contributed by atoms with Gasteiger partial charge in [0.25, 0.3) is 0 Å². The average Bonchev–Trinajstić information content (AvgIpc) is 3.56. The van der Waals surface area contributed by atoms with Crippen molar-refractivity contribution in [1.82, 2.24) is 25.8 Å². The van der Waals surface area contributed by atoms with Crippen molar-refractivity contribution in [2.45, 2.75) is 94.0 Å². The summed E-state index contributed by atoms with van der Waals surface area (Å²) in [5.74, 6) is -2.62. The Morgan fingerprint density at radius 3 is 2.65 bits per heavy atom. The number of hydrogen-bond donors (Lipinski definition) is 7. The van der Waals surface area contributed by atoms with Crippen molar-refractivity contribution in [2.24, 2.45) is 16.5 Å². The molecule has 9 N–H and O–H groups in total. The first-order chi connectivity index (χ1) is 25.8. The molecule has 6 atom stereocenters. The number of benzene rings is 1. The van der Waals surface area contributed by atoms with E-state index in [1.165, 1.54) is 0 Å². The molecule has 18 heteroatoms. The van der Waals surface area contributed by atoms with Crippen LogP contribution >= 0.6 is 0 Å². The molecule has 4 amide bonds. The quantitative estimate of drug-likeness (QED) is 0.0494. The number of aliphatic carboxylic acids is 1. The molecule has 0 spiro atoms. The van der Waals surface area contributed by atoms with Gasteiger partial charge in [-0.25, -0.2) is 4.79 Å². The van der Waals surface area contributed by atoms with Crippen LogP contribution in [0.2, 0.25) is 0 Å². The van der Waals surface area contributed by atoms with Gasteiger partial charge in [-0.15, -0.1) is 0 Å². The number of amides is 4. The molecule has 0 aromatic heterocycles. The number of carbonyl (C=O) groups excluding carboxylic acids is 4. The molecule has 2 heterocycles. The Morgan fingerprint density at radius 1 is 1.17 bits per heavy atom. The molecule has 0 saturated carbocycles. The summed E-state index contributed by atoms with van der Waals surface area (Å²) >= 11 is 0. The number of methoxy groups -OCH3 is 1. The molecule has 2 aliphatic heterocycles. The molecule has 18 nitrogen and oxygen atoms in total. The molecule has 1 saturated heterocycles. The van der Waals surface area contributed by atoms with Crippen LogP contribution in [0.15, 0.2) is 29.0 Å². The molecule has 4 aliphatic rings. The summed E-state index contributed by atoms with van der Waals surface area (Å²) in [7, 11) is 3.55. The van der Waals surface area contributed by atoms with E-state index < -0.39 is 72.5 Å². The maximum absolute atomic E-state index is 13.9. The SMILES string of the molecule is CCN(C)[C@@H]1Cc2ccc(OC)c3c2C2[C@@H](O3)C(OC(=O)N3CCCC[C@@H]3CNC(=O)[C@H](CCCN=C(N)N)NC(=O)CNC(=O)CC(=O)O)=CC[C@]21O. The van der Waals surface area contributed by atoms with E-state index in [9.17, 15) is 29.1 Å². The first-order valence-electron chi connectivity index (χ1n) is 18.4. The van der Waals surface area contributed by atoms with Gasteiger partial charge in [-0.3, -0.25) is 24.2 Å². The first kappa shape index (κ1) is 40.1. The molecule has 2 aliphatic carbocycles. The van der Waals surface area contributed by atoms with Crippen molar-refractivity contribution in [3.8, 4) is 11.5 Å². The lowest BCUT2D eigenvalue weighted by Gasteiger charge is -2.50. The molecule has 1 fully saturated rings. The fraction of sp³-hybridized carbons (Fsp3) is 0.611. The van der Waals surface area contributed by atoms with Crippen LogP contribution in [-0.2, 0) is 30.3 Å². The lowest BCUT2D eigenvalue weighted by molar-refractivity contribution is -0.141. The number of guanidine groups is 1. The van der Waals surface area contributed by atoms with Gasteiger partial charge in [0.05, 0.1) is 31.2 Å². The maximum Gasteiger partial charge on any atom is 0.415 e. The summed E-state index contributed by atoms with van der Waals surface area (Å²) in [4.78, 5) is 70.1. The summed E-state index contributed by atoms with van der Waals surface area (Å²) in [5.41, 5.74) is 11.6. The Balaban J connectivity index is 1.26. The summed E-state index contributed by atoms with van der Waals surface area (Å²) in [6.45, 7) is 2.92. The third kappa shape index (κ3) is 8.81. The predicted molar refractivity (Wildman–Crippen MR) is 195 cm³/mol. The van der Waals surface area contributed by atoms with Crippen LogP contribution in [0.1, 0.15) is 68.9 Å². The zero-order valence-corrected chi connectivity index (χ0v) is 31.0. The van der Waals surface area contributed by atoms with Gasteiger partial charge in [0.15, 0.2) is 23.6 Å². The van der Waals surface area contributed by atoms with Gasteiger partial charge in [-0.05, 0) is 69.8 Å². The zero-order chi connectivity index (χ0) is 39.2. The number of aliphatic hydroxyl groups is 1. The number of hydrogen-bond acceptors (Lipinski definition) is 11. The van der Waals surface area contributed by atoms with Gasteiger partial charge in [-0.2, -0.15) is 0 Å². The zero-order valence-electron chi connectivity index (χ0n) is 31.0. The van der Waals surface area contributed by atoms with E-state index in [0.29, 0.717) is 43.1 Å². The highest BCUT2D eigenvalue weighted by Crippen LogP contribution is 2.59. The van der Waals surface area contributed by atoms with Crippen molar-refractivity contribution in [3.63, 3.8) is 0 Å². The van der Waals surface area contributed by atoms with Crippen LogP contribution in [0.4, 0.5) is 4.79 Å². The number of aliphatic imine (C=N–C) groups is 1. The van der Waals surface area contributed by atoms with Gasteiger partial charge >= 0.3 is 12.1 Å². The number of rotatable bonds is 16. The van der Waals surface area contributed by atoms with Crippen LogP contribution < -0.4 is 36.9 Å². The van der Waals surface area contributed by atoms with Crippen molar-refractivity contribution in [3.05, 3.63) is 35.1 Å². The number of piperidine rings is 1. The number of ether oxygens (including phenoxy) is 3. The number of nitrogens with two attached hydrogens (primary N) is 2. The van der Waals surface area contributed by atoms with E-state index in [2.05, 4.69) is 25.8 Å². The second-order valence-electron chi connectivity index (χ2n) is 14.2. The van der Waals surface area contributed by atoms with Crippen molar-refractivity contribution < 1.29 is 48.4 Å². The average molecular weight is 757 g/mol. The van der Waals surface area contributed by atoms with Gasteiger partial charge in [0, 0.05) is 37.7 Å². The molecular formula is C36H52N8O10. The van der Waals surface area contributed by atoms with Crippen LogP contribution in [0.25, 0.3) is 0 Å². The maximum atomic E-state index is 13.9. The van der Waals surface area contributed by atoms with Crippen LogP contribution in [0.3, 0.4) is 0 Å². The van der Waals surface area contributed by atoms with Gasteiger partial charge in [-0.1, -0.05) is 13.0 Å². The smallest absolute Gasteiger partial charge is 0.415 e. The third-order valence-electron chi connectivity index (χ3n) is 10.7. The normalized spacial score (nSPS) is 24.2. The molecule has 0 bridgehead atoms. The van der Waals surface area contributed by atoms with E-state index in [4.69, 9.17) is 30.8 Å². The molecular weight excluding hydrogens is 704 g/mol.